The highest BCUT2D eigenvalue weighted by atomic mass is 16.5. The number of fused-ring (bicyclic) bond motifs is 4. The molecule has 0 unspecified atom stereocenters. The number of ketones is 2. The fourth-order valence-electron chi connectivity index (χ4n) is 6.55. The van der Waals surface area contributed by atoms with Crippen LogP contribution in [0.5, 0.6) is 11.5 Å². The first-order chi connectivity index (χ1) is 16.4. The van der Waals surface area contributed by atoms with Gasteiger partial charge < -0.3 is 9.84 Å². The van der Waals surface area contributed by atoms with Crippen molar-refractivity contribution in [3.8, 4) is 11.5 Å². The van der Waals surface area contributed by atoms with Crippen LogP contribution in [-0.4, -0.2) is 37.7 Å². The lowest BCUT2D eigenvalue weighted by molar-refractivity contribution is -0.151. The summed E-state index contributed by atoms with van der Waals surface area (Å²) in [5.41, 5.74) is -1.27. The Balaban J connectivity index is 1.86. The number of aromatic nitrogens is 3. The number of methoxy groups -OCH3 is 1. The zero-order chi connectivity index (χ0) is 25.6. The number of nitrogens with zero attached hydrogens (tertiary/aromatic N) is 3. The zero-order valence-corrected chi connectivity index (χ0v) is 20.7. The van der Waals surface area contributed by atoms with E-state index in [9.17, 15) is 24.3 Å². The fourth-order valence-corrected chi connectivity index (χ4v) is 6.55. The Morgan fingerprint density at radius 1 is 1.03 bits per heavy atom. The number of hydrogen-bond acceptors (Lipinski definition) is 6. The number of phenols is 1. The average Bonchev–Trinajstić information content (AvgIpc) is 3.06. The molecule has 0 bridgehead atoms. The van der Waals surface area contributed by atoms with E-state index >= 15 is 0 Å². The minimum Gasteiger partial charge on any atom is -0.508 e. The third kappa shape index (κ3) is 2.63. The van der Waals surface area contributed by atoms with E-state index in [2.05, 4.69) is 0 Å². The molecule has 5 rings (SSSR count). The van der Waals surface area contributed by atoms with Gasteiger partial charge in [0.25, 0.3) is 0 Å². The summed E-state index contributed by atoms with van der Waals surface area (Å²) in [5, 5.41) is 11.1. The van der Waals surface area contributed by atoms with Crippen molar-refractivity contribution < 1.29 is 19.4 Å². The molecule has 2 aliphatic carbocycles. The van der Waals surface area contributed by atoms with Crippen LogP contribution in [0, 0.1) is 10.8 Å². The van der Waals surface area contributed by atoms with E-state index in [-0.39, 0.29) is 30.3 Å². The number of allylic oxidation sites excluding steroid dienone is 4. The van der Waals surface area contributed by atoms with E-state index in [0.29, 0.717) is 22.5 Å². The number of hydrogen-bond donors (Lipinski definition) is 1. The van der Waals surface area contributed by atoms with Crippen LogP contribution in [0.25, 0.3) is 0 Å². The first-order valence-electron chi connectivity index (χ1n) is 11.6. The molecular formula is C26H29N3O6. The SMILES string of the molecule is COc1ccc([C@H]2C3=CCn4c(=O)n(C)c(=O)n4[C@@H]3C[C@@]3(C)C(=O)C(C)=C(C)C(=O)[C@@]23C)c(O)c1. The highest BCUT2D eigenvalue weighted by Gasteiger charge is 2.67. The maximum Gasteiger partial charge on any atom is 0.347 e. The van der Waals surface area contributed by atoms with Crippen molar-refractivity contribution in [2.75, 3.05) is 7.11 Å². The van der Waals surface area contributed by atoms with Crippen molar-refractivity contribution in [2.24, 2.45) is 17.9 Å². The second-order valence-corrected chi connectivity index (χ2v) is 10.3. The third-order valence-corrected chi connectivity index (χ3v) is 8.85. The Hall–Kier alpha value is -3.62. The van der Waals surface area contributed by atoms with Crippen molar-refractivity contribution in [2.45, 2.75) is 52.6 Å². The number of Topliss-reactive ketones (excluding diaryl/α,β-unsaturated/α-hetero) is 2. The van der Waals surface area contributed by atoms with Gasteiger partial charge >= 0.3 is 11.4 Å². The van der Waals surface area contributed by atoms with Crippen LogP contribution < -0.4 is 16.1 Å². The minimum absolute atomic E-state index is 0.0629. The van der Waals surface area contributed by atoms with Gasteiger partial charge in [0.05, 0.1) is 25.1 Å². The van der Waals surface area contributed by atoms with Gasteiger partial charge in [-0.1, -0.05) is 26.0 Å². The molecule has 1 aromatic heterocycles. The van der Waals surface area contributed by atoms with E-state index < -0.39 is 34.2 Å². The largest absolute Gasteiger partial charge is 0.508 e. The molecule has 1 fully saturated rings. The van der Waals surface area contributed by atoms with Gasteiger partial charge in [0.15, 0.2) is 11.6 Å². The molecule has 9 heteroatoms. The number of carbonyl (C=O) groups excluding carboxylic acids is 2. The molecule has 9 nitrogen and oxygen atoms in total. The summed E-state index contributed by atoms with van der Waals surface area (Å²) in [5.74, 6) is -0.618. The van der Waals surface area contributed by atoms with Gasteiger partial charge in [-0.3, -0.25) is 9.59 Å². The van der Waals surface area contributed by atoms with Gasteiger partial charge in [0.2, 0.25) is 0 Å². The van der Waals surface area contributed by atoms with E-state index in [1.165, 1.54) is 29.6 Å². The molecule has 0 radical (unpaired) electrons. The van der Waals surface area contributed by atoms with Gasteiger partial charge in [0, 0.05) is 30.0 Å². The van der Waals surface area contributed by atoms with Crippen LogP contribution in [0.1, 0.15) is 51.6 Å². The highest BCUT2D eigenvalue weighted by molar-refractivity contribution is 6.17. The van der Waals surface area contributed by atoms with Gasteiger partial charge in [-0.25, -0.2) is 23.5 Å². The molecule has 1 N–H and O–H groups in total. The van der Waals surface area contributed by atoms with Crippen LogP contribution in [0.4, 0.5) is 0 Å². The summed E-state index contributed by atoms with van der Waals surface area (Å²) in [6.45, 7) is 7.06. The number of rotatable bonds is 2. The maximum absolute atomic E-state index is 14.0. The monoisotopic (exact) mass is 479 g/mol. The van der Waals surface area contributed by atoms with E-state index in [1.807, 2.05) is 6.08 Å². The predicted molar refractivity (Wildman–Crippen MR) is 128 cm³/mol. The standard InChI is InChI=1S/C26H29N3O6/c1-13-14(2)22(32)26(4)20(17-8-7-15(35-6)11-19(17)30)16-9-10-28-23(33)27(5)24(34)29(28)18(16)12-25(26,3)21(13)31/h7-9,11,18,20,30H,10,12H2,1-6H3/t18-,20-,25+,26-/m1/s1. The van der Waals surface area contributed by atoms with Crippen LogP contribution in [0.15, 0.2) is 50.6 Å². The number of carbonyl (C=O) groups is 2. The fraction of sp³-hybridized carbons (Fsp3) is 0.462. The number of phenolic OH excluding ortho intramolecular Hbond substituents is 1. The molecule has 0 spiro atoms. The van der Waals surface area contributed by atoms with Crippen LogP contribution in [0.2, 0.25) is 0 Å². The molecule has 2 aromatic rings. The maximum atomic E-state index is 14.0. The molecule has 4 atom stereocenters. The molecule has 184 valence electrons. The normalized spacial score (nSPS) is 29.9. The molecule has 1 aromatic carbocycles. The lowest BCUT2D eigenvalue weighted by atomic mass is 9.43. The van der Waals surface area contributed by atoms with Crippen LogP contribution in [0.3, 0.4) is 0 Å². The quantitative estimate of drug-likeness (QED) is 0.661. The molecule has 0 saturated heterocycles. The number of benzene rings is 1. The van der Waals surface area contributed by atoms with Crippen molar-refractivity contribution in [1.29, 1.82) is 0 Å². The summed E-state index contributed by atoms with van der Waals surface area (Å²) < 4.78 is 9.09. The number of aromatic hydroxyl groups is 1. The second kappa shape index (κ2) is 7.19. The lowest BCUT2D eigenvalue weighted by Crippen LogP contribution is -2.61. The Bertz CT molecular complexity index is 1500. The van der Waals surface area contributed by atoms with Crippen molar-refractivity contribution in [3.63, 3.8) is 0 Å². The van der Waals surface area contributed by atoms with Gasteiger partial charge in [-0.05, 0) is 43.1 Å². The zero-order valence-electron chi connectivity index (χ0n) is 20.7. The van der Waals surface area contributed by atoms with E-state index in [0.717, 1.165) is 10.1 Å². The Morgan fingerprint density at radius 2 is 1.69 bits per heavy atom. The third-order valence-electron chi connectivity index (χ3n) is 8.85. The molecular weight excluding hydrogens is 450 g/mol. The molecule has 35 heavy (non-hydrogen) atoms. The summed E-state index contributed by atoms with van der Waals surface area (Å²) in [6.07, 6.45) is 2.05. The predicted octanol–water partition coefficient (Wildman–Crippen LogP) is 2.23. The summed E-state index contributed by atoms with van der Waals surface area (Å²) >= 11 is 0. The highest BCUT2D eigenvalue weighted by Crippen LogP contribution is 2.66. The van der Waals surface area contributed by atoms with Gasteiger partial charge in [-0.2, -0.15) is 0 Å². The first-order valence-corrected chi connectivity index (χ1v) is 11.6. The van der Waals surface area contributed by atoms with Crippen LogP contribution >= 0.6 is 0 Å². The molecule has 1 aliphatic heterocycles. The van der Waals surface area contributed by atoms with E-state index in [1.54, 1.807) is 39.8 Å². The van der Waals surface area contributed by atoms with Crippen LogP contribution in [-0.2, 0) is 23.2 Å². The molecule has 3 aliphatic rings. The van der Waals surface area contributed by atoms with Gasteiger partial charge in [-0.15, -0.1) is 0 Å². The second-order valence-electron chi connectivity index (χ2n) is 10.3. The summed E-state index contributed by atoms with van der Waals surface area (Å²) in [4.78, 5) is 53.8. The van der Waals surface area contributed by atoms with Gasteiger partial charge in [0.1, 0.15) is 11.5 Å². The summed E-state index contributed by atoms with van der Waals surface area (Å²) in [6, 6.07) is 4.27. The smallest absolute Gasteiger partial charge is 0.347 e. The average molecular weight is 480 g/mol. The number of ether oxygens (including phenoxy) is 1. The minimum atomic E-state index is -1.22. The Kier molecular flexibility index (Phi) is 4.75. The first kappa shape index (κ1) is 23.1. The molecule has 1 saturated carbocycles. The molecule has 2 heterocycles. The lowest BCUT2D eigenvalue weighted by Gasteiger charge is -2.58. The summed E-state index contributed by atoms with van der Waals surface area (Å²) in [7, 11) is 2.92. The Labute approximate surface area is 201 Å². The molecule has 0 amide bonds. The van der Waals surface area contributed by atoms with Crippen molar-refractivity contribution in [1.82, 2.24) is 13.9 Å². The Morgan fingerprint density at radius 3 is 2.31 bits per heavy atom. The van der Waals surface area contributed by atoms with Crippen molar-refractivity contribution in [3.05, 3.63) is 67.5 Å². The van der Waals surface area contributed by atoms with E-state index in [4.69, 9.17) is 4.74 Å². The van der Waals surface area contributed by atoms with Crippen molar-refractivity contribution >= 4 is 11.6 Å². The topological polar surface area (TPSA) is 113 Å².